The second kappa shape index (κ2) is 10.7. The van der Waals surface area contributed by atoms with Gasteiger partial charge in [0, 0.05) is 43.3 Å². The van der Waals surface area contributed by atoms with Crippen LogP contribution in [0.25, 0.3) is 10.9 Å². The average Bonchev–Trinajstić information content (AvgIpc) is 2.83. The average molecular weight is 530 g/mol. The maximum atomic E-state index is 13.5. The highest BCUT2D eigenvalue weighted by atomic mass is 32.2. The largest absolute Gasteiger partial charge is 0.478 e. The van der Waals surface area contributed by atoms with Crippen LogP contribution in [0.2, 0.25) is 0 Å². The van der Waals surface area contributed by atoms with Gasteiger partial charge in [-0.05, 0) is 56.3 Å². The van der Waals surface area contributed by atoms with Gasteiger partial charge in [0.05, 0.1) is 22.5 Å². The Morgan fingerprint density at radius 1 is 1.08 bits per heavy atom. The number of amides is 1. The molecule has 12 heteroatoms. The molecule has 0 aliphatic carbocycles. The summed E-state index contributed by atoms with van der Waals surface area (Å²) < 4.78 is 41.2. The highest BCUT2D eigenvalue weighted by Crippen LogP contribution is 2.28. The molecule has 0 atom stereocenters. The van der Waals surface area contributed by atoms with E-state index in [-0.39, 0.29) is 33.5 Å². The number of carbonyl (C=O) groups is 2. The lowest BCUT2D eigenvalue weighted by atomic mass is 10.1. The van der Waals surface area contributed by atoms with Gasteiger partial charge in [0.2, 0.25) is 5.91 Å². The van der Waals surface area contributed by atoms with Crippen molar-refractivity contribution < 1.29 is 27.5 Å². The van der Waals surface area contributed by atoms with E-state index in [9.17, 15) is 27.5 Å². The van der Waals surface area contributed by atoms with Crippen LogP contribution in [0.4, 0.5) is 15.9 Å². The number of anilines is 2. The van der Waals surface area contributed by atoms with Crippen molar-refractivity contribution in [2.45, 2.75) is 24.8 Å². The first kappa shape index (κ1) is 26.3. The SMILES string of the molecule is CC(C)NC(=O)CN1CCN(c2cc(C(=O)O)c3cc(NS(=O)(=O)c4cccc(F)c4)ccc3n2)CC1. The van der Waals surface area contributed by atoms with Crippen LogP contribution < -0.4 is 14.9 Å². The fourth-order valence-electron chi connectivity index (χ4n) is 4.17. The van der Waals surface area contributed by atoms with Gasteiger partial charge in [-0.1, -0.05) is 6.07 Å². The predicted molar refractivity (Wildman–Crippen MR) is 138 cm³/mol. The van der Waals surface area contributed by atoms with Crippen molar-refractivity contribution >= 4 is 44.3 Å². The molecule has 1 amide bonds. The second-order valence-corrected chi connectivity index (χ2v) is 10.8. The van der Waals surface area contributed by atoms with E-state index in [1.54, 1.807) is 6.07 Å². The number of carboxylic acid groups (broad SMARTS) is 1. The first-order chi connectivity index (χ1) is 17.5. The van der Waals surface area contributed by atoms with E-state index in [0.29, 0.717) is 44.1 Å². The number of carboxylic acids is 1. The second-order valence-electron chi connectivity index (χ2n) is 9.11. The molecule has 3 N–H and O–H groups in total. The smallest absolute Gasteiger partial charge is 0.336 e. The molecule has 196 valence electrons. The molecular formula is C25H28FN5O5S. The molecule has 0 spiro atoms. The fourth-order valence-corrected chi connectivity index (χ4v) is 5.25. The lowest BCUT2D eigenvalue weighted by Gasteiger charge is -2.35. The monoisotopic (exact) mass is 529 g/mol. The number of nitrogens with one attached hydrogen (secondary N) is 2. The van der Waals surface area contributed by atoms with Crippen molar-refractivity contribution in [1.82, 2.24) is 15.2 Å². The van der Waals surface area contributed by atoms with Gasteiger partial charge in [-0.2, -0.15) is 0 Å². The number of hydrogen-bond donors (Lipinski definition) is 3. The third-order valence-corrected chi connectivity index (χ3v) is 7.28. The van der Waals surface area contributed by atoms with Crippen LogP contribution in [0.15, 0.2) is 53.4 Å². The maximum absolute atomic E-state index is 13.5. The summed E-state index contributed by atoms with van der Waals surface area (Å²) in [6, 6.07) is 10.6. The Morgan fingerprint density at radius 2 is 1.81 bits per heavy atom. The number of sulfonamides is 1. The van der Waals surface area contributed by atoms with Crippen molar-refractivity contribution in [2.75, 3.05) is 42.3 Å². The van der Waals surface area contributed by atoms with Crippen molar-refractivity contribution in [3.63, 3.8) is 0 Å². The molecule has 10 nitrogen and oxygen atoms in total. The maximum Gasteiger partial charge on any atom is 0.336 e. The Kier molecular flexibility index (Phi) is 7.60. The Hall–Kier alpha value is -3.77. The van der Waals surface area contributed by atoms with E-state index in [0.717, 1.165) is 12.1 Å². The summed E-state index contributed by atoms with van der Waals surface area (Å²) >= 11 is 0. The number of fused-ring (bicyclic) bond motifs is 1. The Morgan fingerprint density at radius 3 is 2.46 bits per heavy atom. The molecule has 1 fully saturated rings. The van der Waals surface area contributed by atoms with Crippen molar-refractivity contribution in [1.29, 1.82) is 0 Å². The van der Waals surface area contributed by atoms with E-state index in [1.807, 2.05) is 23.6 Å². The molecule has 0 unspecified atom stereocenters. The Balaban J connectivity index is 1.54. The lowest BCUT2D eigenvalue weighted by molar-refractivity contribution is -0.122. The number of rotatable bonds is 8. The Labute approximate surface area is 214 Å². The summed E-state index contributed by atoms with van der Waals surface area (Å²) in [4.78, 5) is 32.5. The molecule has 1 aromatic heterocycles. The number of aromatic nitrogens is 1. The summed E-state index contributed by atoms with van der Waals surface area (Å²) in [5.41, 5.74) is 0.495. The molecule has 1 aliphatic rings. The highest BCUT2D eigenvalue weighted by molar-refractivity contribution is 7.92. The van der Waals surface area contributed by atoms with Crippen LogP contribution in [-0.2, 0) is 14.8 Å². The summed E-state index contributed by atoms with van der Waals surface area (Å²) in [5.74, 6) is -1.41. The van der Waals surface area contributed by atoms with E-state index in [1.165, 1.54) is 30.3 Å². The molecule has 0 saturated carbocycles. The van der Waals surface area contributed by atoms with Crippen LogP contribution in [-0.4, -0.2) is 74.1 Å². The van der Waals surface area contributed by atoms with Crippen LogP contribution in [0.5, 0.6) is 0 Å². The number of pyridine rings is 1. The quantitative estimate of drug-likeness (QED) is 0.406. The summed E-state index contributed by atoms with van der Waals surface area (Å²) in [6.45, 7) is 6.48. The van der Waals surface area contributed by atoms with E-state index in [4.69, 9.17) is 0 Å². The van der Waals surface area contributed by atoms with Crippen LogP contribution in [0, 0.1) is 5.82 Å². The highest BCUT2D eigenvalue weighted by Gasteiger charge is 2.23. The minimum Gasteiger partial charge on any atom is -0.478 e. The molecule has 1 saturated heterocycles. The van der Waals surface area contributed by atoms with Crippen LogP contribution >= 0.6 is 0 Å². The van der Waals surface area contributed by atoms with Gasteiger partial charge >= 0.3 is 5.97 Å². The number of benzene rings is 2. The third kappa shape index (κ3) is 6.33. The van der Waals surface area contributed by atoms with Gasteiger partial charge in [0.25, 0.3) is 10.0 Å². The number of nitrogens with zero attached hydrogens (tertiary/aromatic N) is 3. The third-order valence-electron chi connectivity index (χ3n) is 5.90. The molecule has 3 aromatic rings. The molecule has 37 heavy (non-hydrogen) atoms. The molecule has 2 heterocycles. The number of hydrogen-bond acceptors (Lipinski definition) is 7. The number of aromatic carboxylic acids is 1. The van der Waals surface area contributed by atoms with Gasteiger partial charge in [-0.15, -0.1) is 0 Å². The van der Waals surface area contributed by atoms with E-state index >= 15 is 0 Å². The molecule has 0 bridgehead atoms. The molecule has 0 radical (unpaired) electrons. The van der Waals surface area contributed by atoms with Gasteiger partial charge in [0.1, 0.15) is 11.6 Å². The van der Waals surface area contributed by atoms with Gasteiger partial charge in [-0.3, -0.25) is 14.4 Å². The molecular weight excluding hydrogens is 501 g/mol. The first-order valence-corrected chi connectivity index (χ1v) is 13.2. The van der Waals surface area contributed by atoms with Crippen molar-refractivity contribution in [3.05, 3.63) is 59.9 Å². The molecule has 2 aromatic carbocycles. The van der Waals surface area contributed by atoms with Crippen LogP contribution in [0.1, 0.15) is 24.2 Å². The number of piperazine rings is 1. The predicted octanol–water partition coefficient (Wildman–Crippen LogP) is 2.52. The zero-order chi connectivity index (χ0) is 26.7. The first-order valence-electron chi connectivity index (χ1n) is 11.7. The van der Waals surface area contributed by atoms with Gasteiger partial charge < -0.3 is 15.3 Å². The van der Waals surface area contributed by atoms with Gasteiger partial charge in [-0.25, -0.2) is 22.6 Å². The number of carbonyl (C=O) groups excluding carboxylic acids is 1. The summed E-state index contributed by atoms with van der Waals surface area (Å²) in [5, 5.41) is 13.0. The van der Waals surface area contributed by atoms with Gasteiger partial charge in [0.15, 0.2) is 0 Å². The fraction of sp³-hybridized carbons (Fsp3) is 0.320. The standard InChI is InChI=1S/C25H28FN5O5S/c1-16(2)27-24(32)15-30-8-10-31(11-9-30)23-14-21(25(33)34)20-13-18(6-7-22(20)28-23)29-37(35,36)19-5-3-4-17(26)12-19/h3-7,12-14,16,29H,8-11,15H2,1-2H3,(H,27,32)(H,33,34). The number of halogens is 1. The zero-order valence-corrected chi connectivity index (χ0v) is 21.3. The minimum absolute atomic E-state index is 0.0226. The molecule has 1 aliphatic heterocycles. The lowest BCUT2D eigenvalue weighted by Crippen LogP contribution is -2.50. The van der Waals surface area contributed by atoms with E-state index < -0.39 is 21.8 Å². The minimum atomic E-state index is -4.08. The summed E-state index contributed by atoms with van der Waals surface area (Å²) in [7, 11) is -4.08. The summed E-state index contributed by atoms with van der Waals surface area (Å²) in [6.07, 6.45) is 0. The topological polar surface area (TPSA) is 132 Å². The van der Waals surface area contributed by atoms with E-state index in [2.05, 4.69) is 15.0 Å². The van der Waals surface area contributed by atoms with Crippen LogP contribution in [0.3, 0.4) is 0 Å². The van der Waals surface area contributed by atoms with Crippen molar-refractivity contribution in [3.8, 4) is 0 Å². The zero-order valence-electron chi connectivity index (χ0n) is 20.4. The normalized spacial score (nSPS) is 14.6. The Bertz CT molecular complexity index is 1440. The van der Waals surface area contributed by atoms with Crippen molar-refractivity contribution in [2.24, 2.45) is 0 Å². The molecule has 4 rings (SSSR count).